The molecule has 0 fully saturated rings. The summed E-state index contributed by atoms with van der Waals surface area (Å²) in [7, 11) is 0. The van der Waals surface area contributed by atoms with Crippen LogP contribution < -0.4 is 0 Å². The first kappa shape index (κ1) is 9.58. The first-order chi connectivity index (χ1) is 7.36. The van der Waals surface area contributed by atoms with Crippen molar-refractivity contribution in [1.82, 2.24) is 9.78 Å². The molecule has 1 heterocycles. The first-order valence-electron chi connectivity index (χ1n) is 4.50. The van der Waals surface area contributed by atoms with Crippen LogP contribution in [0, 0.1) is 0 Å². The van der Waals surface area contributed by atoms with E-state index in [2.05, 4.69) is 5.10 Å². The van der Waals surface area contributed by atoms with E-state index in [1.807, 2.05) is 18.2 Å². The maximum atomic E-state index is 12.7. The molecule has 0 saturated carbocycles. The van der Waals surface area contributed by atoms with E-state index in [1.165, 1.54) is 10.9 Å². The molecule has 2 aromatic rings. The third-order valence-electron chi connectivity index (χ3n) is 2.16. The molecule has 0 aliphatic carbocycles. The van der Waals surface area contributed by atoms with Crippen LogP contribution in [-0.4, -0.2) is 16.1 Å². The fraction of sp³-hybridized carbons (Fsp3) is 0.0909. The molecule has 0 saturated heterocycles. The Labute approximate surface area is 86.2 Å². The number of benzene rings is 1. The highest BCUT2D eigenvalue weighted by Crippen LogP contribution is 2.14. The largest absolute Gasteiger partial charge is 0.298 e. The summed E-state index contributed by atoms with van der Waals surface area (Å²) in [4.78, 5) is 10.6. The molecule has 0 unspecified atom stereocenters. The van der Waals surface area contributed by atoms with Gasteiger partial charge in [-0.3, -0.25) is 4.79 Å². The quantitative estimate of drug-likeness (QED) is 0.718. The van der Waals surface area contributed by atoms with Crippen molar-refractivity contribution in [3.63, 3.8) is 0 Å². The fourth-order valence-electron chi connectivity index (χ4n) is 1.41. The minimum Gasteiger partial charge on any atom is -0.298 e. The number of rotatable bonds is 3. The molecule has 4 heteroatoms. The van der Waals surface area contributed by atoms with Crippen molar-refractivity contribution in [3.8, 4) is 5.69 Å². The van der Waals surface area contributed by atoms with E-state index < -0.39 is 6.67 Å². The van der Waals surface area contributed by atoms with Gasteiger partial charge in [-0.05, 0) is 12.1 Å². The molecule has 15 heavy (non-hydrogen) atoms. The Bertz CT molecular complexity index is 465. The number of hydrogen-bond acceptors (Lipinski definition) is 2. The van der Waals surface area contributed by atoms with Crippen LogP contribution in [0.1, 0.15) is 16.1 Å². The van der Waals surface area contributed by atoms with Crippen molar-refractivity contribution >= 4 is 6.29 Å². The molecule has 1 aromatic heterocycles. The smallest absolute Gasteiger partial charge is 0.153 e. The van der Waals surface area contributed by atoms with E-state index in [1.54, 1.807) is 12.1 Å². The molecular formula is C11H9FN2O. The average molecular weight is 204 g/mol. The number of aldehydes is 1. The molecule has 0 aliphatic rings. The van der Waals surface area contributed by atoms with Gasteiger partial charge in [0, 0.05) is 0 Å². The Morgan fingerprint density at radius 3 is 2.67 bits per heavy atom. The van der Waals surface area contributed by atoms with Gasteiger partial charge in [0.25, 0.3) is 0 Å². The molecule has 76 valence electrons. The third-order valence-corrected chi connectivity index (χ3v) is 2.16. The van der Waals surface area contributed by atoms with Gasteiger partial charge in [0.1, 0.15) is 6.67 Å². The minimum absolute atomic E-state index is 0.288. The molecule has 0 aliphatic heterocycles. The van der Waals surface area contributed by atoms with Crippen LogP contribution in [0.15, 0.2) is 36.5 Å². The van der Waals surface area contributed by atoms with Crippen molar-refractivity contribution in [2.45, 2.75) is 6.67 Å². The van der Waals surface area contributed by atoms with Gasteiger partial charge in [0.2, 0.25) is 0 Å². The van der Waals surface area contributed by atoms with Gasteiger partial charge in [0.15, 0.2) is 6.29 Å². The maximum Gasteiger partial charge on any atom is 0.153 e. The van der Waals surface area contributed by atoms with Crippen LogP contribution in [0.25, 0.3) is 5.69 Å². The lowest BCUT2D eigenvalue weighted by atomic mass is 10.2. The number of hydrogen-bond donors (Lipinski definition) is 0. The summed E-state index contributed by atoms with van der Waals surface area (Å²) in [5.74, 6) is 0. The maximum absolute atomic E-state index is 12.7. The Kier molecular flexibility index (Phi) is 2.58. The summed E-state index contributed by atoms with van der Waals surface area (Å²) in [5, 5.41) is 3.97. The molecule has 0 atom stereocenters. The summed E-state index contributed by atoms with van der Waals surface area (Å²) in [6.07, 6.45) is 1.98. The molecule has 3 nitrogen and oxygen atoms in total. The van der Waals surface area contributed by atoms with Crippen molar-refractivity contribution in [2.24, 2.45) is 0 Å². The Morgan fingerprint density at radius 1 is 1.33 bits per heavy atom. The lowest BCUT2D eigenvalue weighted by Crippen LogP contribution is -2.01. The van der Waals surface area contributed by atoms with Crippen LogP contribution in [0.4, 0.5) is 4.39 Å². The third kappa shape index (κ3) is 1.66. The lowest BCUT2D eigenvalue weighted by molar-refractivity contribution is 0.112. The monoisotopic (exact) mass is 204 g/mol. The Morgan fingerprint density at radius 2 is 2.07 bits per heavy atom. The summed E-state index contributed by atoms with van der Waals surface area (Å²) >= 11 is 0. The van der Waals surface area contributed by atoms with Crippen molar-refractivity contribution in [3.05, 3.63) is 47.8 Å². The summed E-state index contributed by atoms with van der Waals surface area (Å²) in [6, 6.07) is 9.14. The zero-order chi connectivity index (χ0) is 10.7. The van der Waals surface area contributed by atoms with E-state index >= 15 is 0 Å². The Hall–Kier alpha value is -1.97. The van der Waals surface area contributed by atoms with Crippen LogP contribution >= 0.6 is 0 Å². The van der Waals surface area contributed by atoms with Crippen LogP contribution in [-0.2, 0) is 6.67 Å². The molecular weight excluding hydrogens is 195 g/mol. The second kappa shape index (κ2) is 4.04. The number of alkyl halides is 1. The fourth-order valence-corrected chi connectivity index (χ4v) is 1.41. The van der Waals surface area contributed by atoms with Gasteiger partial charge in [0.05, 0.1) is 23.1 Å². The van der Waals surface area contributed by atoms with Gasteiger partial charge >= 0.3 is 0 Å². The minimum atomic E-state index is -0.705. The number of aromatic nitrogens is 2. The highest BCUT2D eigenvalue weighted by Gasteiger charge is 2.10. The number of nitrogens with zero attached hydrogens (tertiary/aromatic N) is 2. The molecule has 2 rings (SSSR count). The highest BCUT2D eigenvalue weighted by atomic mass is 19.1. The SMILES string of the molecule is O=Cc1cnn(-c2ccccc2)c1CF. The topological polar surface area (TPSA) is 34.9 Å². The van der Waals surface area contributed by atoms with Gasteiger partial charge in [-0.2, -0.15) is 5.10 Å². The summed E-state index contributed by atoms with van der Waals surface area (Å²) < 4.78 is 14.2. The van der Waals surface area contributed by atoms with E-state index in [9.17, 15) is 9.18 Å². The second-order valence-corrected chi connectivity index (χ2v) is 3.05. The molecule has 0 spiro atoms. The van der Waals surface area contributed by atoms with Crippen molar-refractivity contribution < 1.29 is 9.18 Å². The van der Waals surface area contributed by atoms with E-state index in [4.69, 9.17) is 0 Å². The van der Waals surface area contributed by atoms with Gasteiger partial charge in [-0.25, -0.2) is 9.07 Å². The zero-order valence-electron chi connectivity index (χ0n) is 7.93. The molecule has 0 amide bonds. The van der Waals surface area contributed by atoms with Crippen LogP contribution in [0.5, 0.6) is 0 Å². The highest BCUT2D eigenvalue weighted by molar-refractivity contribution is 5.76. The Balaban J connectivity index is 2.54. The number of halogens is 1. The van der Waals surface area contributed by atoms with Crippen molar-refractivity contribution in [1.29, 1.82) is 0 Å². The van der Waals surface area contributed by atoms with Gasteiger partial charge in [-0.1, -0.05) is 18.2 Å². The first-order valence-corrected chi connectivity index (χ1v) is 4.50. The van der Waals surface area contributed by atoms with E-state index in [-0.39, 0.29) is 5.69 Å². The lowest BCUT2D eigenvalue weighted by Gasteiger charge is -2.04. The molecule has 0 bridgehead atoms. The van der Waals surface area contributed by atoms with E-state index in [0.29, 0.717) is 11.8 Å². The van der Waals surface area contributed by atoms with Crippen LogP contribution in [0.3, 0.4) is 0 Å². The zero-order valence-corrected chi connectivity index (χ0v) is 7.93. The second-order valence-electron chi connectivity index (χ2n) is 3.05. The molecule has 0 N–H and O–H groups in total. The number of para-hydroxylation sites is 1. The normalized spacial score (nSPS) is 10.2. The molecule has 1 aromatic carbocycles. The van der Waals surface area contributed by atoms with Gasteiger partial charge in [-0.15, -0.1) is 0 Å². The average Bonchev–Trinajstić information content (AvgIpc) is 2.72. The van der Waals surface area contributed by atoms with Crippen LogP contribution in [0.2, 0.25) is 0 Å². The predicted molar refractivity (Wildman–Crippen MR) is 53.8 cm³/mol. The predicted octanol–water partition coefficient (Wildman–Crippen LogP) is 2.15. The van der Waals surface area contributed by atoms with Gasteiger partial charge < -0.3 is 0 Å². The summed E-state index contributed by atoms with van der Waals surface area (Å²) in [6.45, 7) is -0.705. The number of carbonyl (C=O) groups excluding carboxylic acids is 1. The molecule has 0 radical (unpaired) electrons. The van der Waals surface area contributed by atoms with E-state index in [0.717, 1.165) is 5.69 Å². The standard InChI is InChI=1S/C11H9FN2O/c12-6-11-9(8-15)7-13-14(11)10-4-2-1-3-5-10/h1-5,7-8H,6H2. The number of carbonyl (C=O) groups is 1. The van der Waals surface area contributed by atoms with Crippen molar-refractivity contribution in [2.75, 3.05) is 0 Å². The summed E-state index contributed by atoms with van der Waals surface area (Å²) in [5.41, 5.74) is 1.33.